The Morgan fingerprint density at radius 2 is 1.25 bits per heavy atom. The normalized spacial score (nSPS) is 24.8. The molecule has 6 heteroatoms. The van der Waals surface area contributed by atoms with Crippen LogP contribution in [0.15, 0.2) is 9.98 Å². The molecule has 3 aliphatic heterocycles. The summed E-state index contributed by atoms with van der Waals surface area (Å²) in [4.78, 5) is 35.5. The number of hydrogen-bond acceptors (Lipinski definition) is 4. The van der Waals surface area contributed by atoms with Crippen molar-refractivity contribution in [1.82, 2.24) is 9.80 Å². The Balaban J connectivity index is 1.94. The SMILES string of the molecule is O=C1CC2=NCCN2C(=O)CC2=NCCN12. The van der Waals surface area contributed by atoms with Gasteiger partial charge in [-0.15, -0.1) is 0 Å². The molecule has 2 amide bonds. The molecule has 16 heavy (non-hydrogen) atoms. The van der Waals surface area contributed by atoms with Crippen LogP contribution in [0, 0.1) is 0 Å². The van der Waals surface area contributed by atoms with Crippen LogP contribution < -0.4 is 0 Å². The van der Waals surface area contributed by atoms with E-state index in [4.69, 9.17) is 0 Å². The summed E-state index contributed by atoms with van der Waals surface area (Å²) in [6.07, 6.45) is 0.454. The van der Waals surface area contributed by atoms with E-state index in [1.54, 1.807) is 9.80 Å². The predicted molar refractivity (Wildman–Crippen MR) is 57.3 cm³/mol. The van der Waals surface area contributed by atoms with Gasteiger partial charge in [-0.2, -0.15) is 0 Å². The van der Waals surface area contributed by atoms with E-state index in [0.717, 1.165) is 0 Å². The topological polar surface area (TPSA) is 65.3 Å². The second-order valence-electron chi connectivity index (χ2n) is 4.04. The van der Waals surface area contributed by atoms with E-state index in [9.17, 15) is 9.59 Å². The summed E-state index contributed by atoms with van der Waals surface area (Å²) in [6, 6.07) is 0. The maximum atomic E-state index is 11.9. The molecule has 3 rings (SSSR count). The van der Waals surface area contributed by atoms with E-state index in [0.29, 0.717) is 37.9 Å². The lowest BCUT2D eigenvalue weighted by Gasteiger charge is -2.26. The number of hydrogen-bond donors (Lipinski definition) is 0. The van der Waals surface area contributed by atoms with Crippen LogP contribution in [0.25, 0.3) is 0 Å². The largest absolute Gasteiger partial charge is 0.298 e. The molecule has 0 bridgehead atoms. The molecule has 0 N–H and O–H groups in total. The first kappa shape index (κ1) is 9.50. The van der Waals surface area contributed by atoms with Gasteiger partial charge >= 0.3 is 0 Å². The van der Waals surface area contributed by atoms with Crippen molar-refractivity contribution in [2.45, 2.75) is 12.8 Å². The monoisotopic (exact) mass is 220 g/mol. The number of carbonyl (C=O) groups is 2. The Bertz CT molecular complexity index is 387. The lowest BCUT2D eigenvalue weighted by molar-refractivity contribution is -0.128. The Hall–Kier alpha value is -1.72. The van der Waals surface area contributed by atoms with Gasteiger partial charge in [0, 0.05) is 13.1 Å². The minimum Gasteiger partial charge on any atom is -0.298 e. The summed E-state index contributed by atoms with van der Waals surface area (Å²) in [5.74, 6) is 1.27. The van der Waals surface area contributed by atoms with E-state index in [1.807, 2.05) is 0 Å². The molecule has 0 aromatic heterocycles. The van der Waals surface area contributed by atoms with Crippen molar-refractivity contribution in [2.75, 3.05) is 26.2 Å². The highest BCUT2D eigenvalue weighted by Gasteiger charge is 2.34. The minimum atomic E-state index is 0.00870. The van der Waals surface area contributed by atoms with Crippen LogP contribution in [0.1, 0.15) is 12.8 Å². The Labute approximate surface area is 92.6 Å². The van der Waals surface area contributed by atoms with Crippen LogP contribution in [-0.2, 0) is 9.59 Å². The van der Waals surface area contributed by atoms with Crippen molar-refractivity contribution in [1.29, 1.82) is 0 Å². The van der Waals surface area contributed by atoms with Gasteiger partial charge < -0.3 is 0 Å². The number of rotatable bonds is 0. The van der Waals surface area contributed by atoms with Gasteiger partial charge in [-0.1, -0.05) is 0 Å². The quantitative estimate of drug-likeness (QED) is 0.539. The van der Waals surface area contributed by atoms with Gasteiger partial charge in [-0.3, -0.25) is 29.4 Å². The van der Waals surface area contributed by atoms with E-state index in [-0.39, 0.29) is 24.7 Å². The second kappa shape index (κ2) is 3.40. The lowest BCUT2D eigenvalue weighted by Crippen LogP contribution is -2.46. The van der Waals surface area contributed by atoms with Crippen LogP contribution in [0.4, 0.5) is 0 Å². The smallest absolute Gasteiger partial charge is 0.235 e. The van der Waals surface area contributed by atoms with Gasteiger partial charge in [0.25, 0.3) is 0 Å². The van der Waals surface area contributed by atoms with Crippen molar-refractivity contribution in [3.8, 4) is 0 Å². The fourth-order valence-corrected chi connectivity index (χ4v) is 2.29. The number of carbonyl (C=O) groups excluding carboxylic acids is 2. The van der Waals surface area contributed by atoms with Gasteiger partial charge in [-0.05, 0) is 0 Å². The Kier molecular flexibility index (Phi) is 2.02. The standard InChI is InChI=1S/C10H12N4O2/c15-9-6-8-12-2-4-14(8)10(16)5-7-11-1-3-13(7)9/h1-6H2. The molecule has 0 aliphatic carbocycles. The van der Waals surface area contributed by atoms with Gasteiger partial charge in [0.05, 0.1) is 25.9 Å². The van der Waals surface area contributed by atoms with Crippen LogP contribution in [-0.4, -0.2) is 59.5 Å². The van der Waals surface area contributed by atoms with Crippen LogP contribution in [0.5, 0.6) is 0 Å². The number of amides is 2. The van der Waals surface area contributed by atoms with Crippen molar-refractivity contribution in [2.24, 2.45) is 9.98 Å². The van der Waals surface area contributed by atoms with E-state index in [2.05, 4.69) is 9.98 Å². The zero-order valence-electron chi connectivity index (χ0n) is 8.85. The van der Waals surface area contributed by atoms with Crippen molar-refractivity contribution < 1.29 is 9.59 Å². The fraction of sp³-hybridized carbons (Fsp3) is 0.600. The maximum Gasteiger partial charge on any atom is 0.235 e. The zero-order chi connectivity index (χ0) is 11.1. The van der Waals surface area contributed by atoms with Crippen LogP contribution in [0.2, 0.25) is 0 Å². The average molecular weight is 220 g/mol. The number of nitrogens with zero attached hydrogens (tertiary/aromatic N) is 4. The zero-order valence-corrected chi connectivity index (χ0v) is 8.85. The van der Waals surface area contributed by atoms with Gasteiger partial charge in [-0.25, -0.2) is 0 Å². The Morgan fingerprint density at radius 1 is 0.812 bits per heavy atom. The number of aliphatic imine (C=N–C) groups is 2. The van der Waals surface area contributed by atoms with E-state index < -0.39 is 0 Å². The van der Waals surface area contributed by atoms with Crippen molar-refractivity contribution >= 4 is 23.5 Å². The molecule has 3 heterocycles. The molecule has 0 radical (unpaired) electrons. The molecule has 0 atom stereocenters. The van der Waals surface area contributed by atoms with Gasteiger partial charge in [0.1, 0.15) is 11.7 Å². The third kappa shape index (κ3) is 1.33. The highest BCUT2D eigenvalue weighted by Crippen LogP contribution is 2.17. The minimum absolute atomic E-state index is 0.00870. The van der Waals surface area contributed by atoms with Crippen molar-refractivity contribution in [3.05, 3.63) is 0 Å². The summed E-state index contributed by atoms with van der Waals surface area (Å²) in [5, 5.41) is 0. The highest BCUT2D eigenvalue weighted by molar-refractivity contribution is 6.18. The Morgan fingerprint density at radius 3 is 1.69 bits per heavy atom. The third-order valence-corrected chi connectivity index (χ3v) is 3.08. The first-order valence-corrected chi connectivity index (χ1v) is 5.43. The van der Waals surface area contributed by atoms with Crippen molar-refractivity contribution in [3.63, 3.8) is 0 Å². The fourth-order valence-electron chi connectivity index (χ4n) is 2.29. The molecule has 0 saturated carbocycles. The molecule has 1 saturated heterocycles. The number of amidine groups is 2. The maximum absolute atomic E-state index is 11.9. The lowest BCUT2D eigenvalue weighted by atomic mass is 10.2. The average Bonchev–Trinajstić information content (AvgIpc) is 2.84. The second-order valence-corrected chi connectivity index (χ2v) is 4.04. The van der Waals surface area contributed by atoms with Crippen LogP contribution in [0.3, 0.4) is 0 Å². The molecular formula is C10H12N4O2. The summed E-state index contributed by atoms with van der Waals surface area (Å²) in [6.45, 7) is 2.44. The molecule has 1 fully saturated rings. The molecule has 0 spiro atoms. The van der Waals surface area contributed by atoms with Crippen LogP contribution >= 0.6 is 0 Å². The van der Waals surface area contributed by atoms with Gasteiger partial charge in [0.2, 0.25) is 11.8 Å². The molecule has 0 unspecified atom stereocenters. The summed E-state index contributed by atoms with van der Waals surface area (Å²) < 4.78 is 0. The molecule has 0 aromatic rings. The molecule has 84 valence electrons. The van der Waals surface area contributed by atoms with E-state index in [1.165, 1.54) is 0 Å². The third-order valence-electron chi connectivity index (χ3n) is 3.08. The molecule has 6 nitrogen and oxygen atoms in total. The predicted octanol–water partition coefficient (Wildman–Crippen LogP) is -0.738. The number of fused-ring (bicyclic) bond motifs is 2. The van der Waals surface area contributed by atoms with E-state index >= 15 is 0 Å². The summed E-state index contributed by atoms with van der Waals surface area (Å²) >= 11 is 0. The van der Waals surface area contributed by atoms with Gasteiger partial charge in [0.15, 0.2) is 0 Å². The molecular weight excluding hydrogens is 208 g/mol. The molecule has 3 aliphatic rings. The summed E-state index contributed by atoms with van der Waals surface area (Å²) in [7, 11) is 0. The first-order valence-electron chi connectivity index (χ1n) is 5.43. The first-order chi connectivity index (χ1) is 7.75. The highest BCUT2D eigenvalue weighted by atomic mass is 16.2. The molecule has 0 aromatic carbocycles. The summed E-state index contributed by atoms with van der Waals surface area (Å²) in [5.41, 5.74) is 0.